The molecule has 0 aliphatic carbocycles. The van der Waals surface area contributed by atoms with Gasteiger partial charge in [-0.2, -0.15) is 0 Å². The smallest absolute Gasteiger partial charge is 0.231 e. The summed E-state index contributed by atoms with van der Waals surface area (Å²) in [4.78, 5) is 2.54. The van der Waals surface area contributed by atoms with E-state index in [2.05, 4.69) is 36.3 Å². The highest BCUT2D eigenvalue weighted by Gasteiger charge is 2.21. The van der Waals surface area contributed by atoms with Gasteiger partial charge in [0.25, 0.3) is 0 Å². The van der Waals surface area contributed by atoms with Gasteiger partial charge in [-0.25, -0.2) is 0 Å². The number of nitrogens with zero attached hydrogens (tertiary/aromatic N) is 1. The van der Waals surface area contributed by atoms with Crippen molar-refractivity contribution < 1.29 is 9.47 Å². The summed E-state index contributed by atoms with van der Waals surface area (Å²) in [6, 6.07) is 7.59. The van der Waals surface area contributed by atoms with Crippen LogP contribution >= 0.6 is 0 Å². The van der Waals surface area contributed by atoms with Gasteiger partial charge in [-0.05, 0) is 63.9 Å². The Balaban J connectivity index is 1.51. The predicted octanol–water partition coefficient (Wildman–Crippen LogP) is 2.42. The number of piperidine rings is 1. The van der Waals surface area contributed by atoms with Gasteiger partial charge in [0.2, 0.25) is 6.79 Å². The van der Waals surface area contributed by atoms with Crippen LogP contribution in [0.3, 0.4) is 0 Å². The van der Waals surface area contributed by atoms with Gasteiger partial charge < -0.3 is 14.8 Å². The van der Waals surface area contributed by atoms with E-state index in [-0.39, 0.29) is 0 Å². The van der Waals surface area contributed by atoms with Crippen molar-refractivity contribution in [3.63, 3.8) is 0 Å². The van der Waals surface area contributed by atoms with E-state index in [9.17, 15) is 0 Å². The molecule has 116 valence electrons. The fraction of sp³-hybridized carbons (Fsp3) is 0.647. The molecule has 4 nitrogen and oxygen atoms in total. The summed E-state index contributed by atoms with van der Waals surface area (Å²) in [5, 5.41) is 3.50. The van der Waals surface area contributed by atoms with Gasteiger partial charge in [0, 0.05) is 18.6 Å². The second-order valence-corrected chi connectivity index (χ2v) is 6.24. The van der Waals surface area contributed by atoms with Crippen LogP contribution in [0.1, 0.15) is 31.7 Å². The van der Waals surface area contributed by atoms with Crippen LogP contribution in [0.25, 0.3) is 0 Å². The van der Waals surface area contributed by atoms with Crippen molar-refractivity contribution in [2.45, 2.75) is 44.7 Å². The summed E-state index contributed by atoms with van der Waals surface area (Å²) in [7, 11) is 2.27. The molecule has 0 bridgehead atoms. The molecule has 3 rings (SSSR count). The number of aryl methyl sites for hydroxylation is 1. The molecule has 0 amide bonds. The first-order chi connectivity index (χ1) is 10.2. The third-order valence-corrected chi connectivity index (χ3v) is 4.83. The molecule has 2 heterocycles. The summed E-state index contributed by atoms with van der Waals surface area (Å²) < 4.78 is 10.8. The zero-order valence-electron chi connectivity index (χ0n) is 13.1. The van der Waals surface area contributed by atoms with Crippen LogP contribution in [0.2, 0.25) is 0 Å². The van der Waals surface area contributed by atoms with Crippen LogP contribution in [0.15, 0.2) is 18.2 Å². The monoisotopic (exact) mass is 290 g/mol. The Labute approximate surface area is 127 Å². The molecule has 1 aromatic carbocycles. The maximum atomic E-state index is 5.45. The highest BCUT2D eigenvalue weighted by Crippen LogP contribution is 2.33. The summed E-state index contributed by atoms with van der Waals surface area (Å²) in [5.41, 5.74) is 1.33. The van der Waals surface area contributed by atoms with Gasteiger partial charge in [0.15, 0.2) is 11.5 Å². The molecule has 2 aliphatic rings. The maximum Gasteiger partial charge on any atom is 0.231 e. The molecule has 2 unspecified atom stereocenters. The summed E-state index contributed by atoms with van der Waals surface area (Å²) in [5.74, 6) is 1.77. The van der Waals surface area contributed by atoms with E-state index in [1.54, 1.807) is 0 Å². The standard InChI is InChI=1S/C17H26N2O2/c1-13(19(2)15-4-3-9-18-11-15)5-6-14-7-8-16-17(10-14)21-12-20-16/h7-8,10,13,15,18H,3-6,9,11-12H2,1-2H3. The Morgan fingerprint density at radius 1 is 1.33 bits per heavy atom. The molecule has 0 spiro atoms. The normalized spacial score (nSPS) is 22.5. The quantitative estimate of drug-likeness (QED) is 0.903. The number of ether oxygens (including phenoxy) is 2. The molecule has 2 aliphatic heterocycles. The lowest BCUT2D eigenvalue weighted by molar-refractivity contribution is 0.149. The molecular formula is C17H26N2O2. The number of rotatable bonds is 5. The molecule has 0 radical (unpaired) electrons. The molecule has 0 aromatic heterocycles. The van der Waals surface area contributed by atoms with Crippen LogP contribution < -0.4 is 14.8 Å². The second-order valence-electron chi connectivity index (χ2n) is 6.24. The largest absolute Gasteiger partial charge is 0.454 e. The zero-order chi connectivity index (χ0) is 14.7. The van der Waals surface area contributed by atoms with E-state index >= 15 is 0 Å². The number of hydrogen-bond donors (Lipinski definition) is 1. The van der Waals surface area contributed by atoms with Gasteiger partial charge >= 0.3 is 0 Å². The lowest BCUT2D eigenvalue weighted by Crippen LogP contribution is -2.47. The summed E-state index contributed by atoms with van der Waals surface area (Å²) in [6.45, 7) is 5.00. The minimum absolute atomic E-state index is 0.354. The molecular weight excluding hydrogens is 264 g/mol. The maximum absolute atomic E-state index is 5.45. The summed E-state index contributed by atoms with van der Waals surface area (Å²) in [6.07, 6.45) is 4.87. The van der Waals surface area contributed by atoms with Crippen molar-refractivity contribution >= 4 is 0 Å². The Kier molecular flexibility index (Phi) is 4.66. The fourth-order valence-corrected chi connectivity index (χ4v) is 3.22. The van der Waals surface area contributed by atoms with Crippen LogP contribution in [-0.4, -0.2) is 43.9 Å². The van der Waals surface area contributed by atoms with Crippen molar-refractivity contribution in [3.8, 4) is 11.5 Å². The van der Waals surface area contributed by atoms with Crippen molar-refractivity contribution in [1.82, 2.24) is 10.2 Å². The van der Waals surface area contributed by atoms with Crippen molar-refractivity contribution in [3.05, 3.63) is 23.8 Å². The molecule has 21 heavy (non-hydrogen) atoms. The molecule has 1 fully saturated rings. The Morgan fingerprint density at radius 3 is 3.00 bits per heavy atom. The van der Waals surface area contributed by atoms with Crippen molar-refractivity contribution in [2.24, 2.45) is 0 Å². The minimum Gasteiger partial charge on any atom is -0.454 e. The van der Waals surface area contributed by atoms with Gasteiger partial charge in [-0.1, -0.05) is 6.07 Å². The van der Waals surface area contributed by atoms with Crippen molar-refractivity contribution in [1.29, 1.82) is 0 Å². The topological polar surface area (TPSA) is 33.7 Å². The molecule has 2 atom stereocenters. The third-order valence-electron chi connectivity index (χ3n) is 4.83. The van der Waals surface area contributed by atoms with Crippen LogP contribution in [0.4, 0.5) is 0 Å². The number of hydrogen-bond acceptors (Lipinski definition) is 4. The SMILES string of the molecule is CC(CCc1ccc2c(c1)OCO2)N(C)C1CCCNC1. The lowest BCUT2D eigenvalue weighted by Gasteiger charge is -2.36. The Bertz CT molecular complexity index is 472. The predicted molar refractivity (Wildman–Crippen MR) is 84.0 cm³/mol. The zero-order valence-corrected chi connectivity index (χ0v) is 13.1. The van der Waals surface area contributed by atoms with E-state index in [0.717, 1.165) is 24.5 Å². The average molecular weight is 290 g/mol. The molecule has 1 aromatic rings. The van der Waals surface area contributed by atoms with E-state index in [1.807, 2.05) is 6.07 Å². The van der Waals surface area contributed by atoms with Gasteiger partial charge in [0.05, 0.1) is 0 Å². The lowest BCUT2D eigenvalue weighted by atomic mass is 10.0. The molecule has 1 N–H and O–H groups in total. The van der Waals surface area contributed by atoms with Crippen LogP contribution in [0, 0.1) is 0 Å². The van der Waals surface area contributed by atoms with Gasteiger partial charge in [-0.15, -0.1) is 0 Å². The second kappa shape index (κ2) is 6.67. The third kappa shape index (κ3) is 3.50. The average Bonchev–Trinajstić information content (AvgIpc) is 3.00. The highest BCUT2D eigenvalue weighted by molar-refractivity contribution is 5.44. The first-order valence-corrected chi connectivity index (χ1v) is 8.05. The Hall–Kier alpha value is -1.26. The first-order valence-electron chi connectivity index (χ1n) is 8.05. The minimum atomic E-state index is 0.354. The molecule has 1 saturated heterocycles. The highest BCUT2D eigenvalue weighted by atomic mass is 16.7. The number of nitrogens with one attached hydrogen (secondary N) is 1. The molecule has 0 saturated carbocycles. The summed E-state index contributed by atoms with van der Waals surface area (Å²) >= 11 is 0. The molecule has 4 heteroatoms. The first kappa shape index (κ1) is 14.7. The van der Waals surface area contributed by atoms with E-state index in [4.69, 9.17) is 9.47 Å². The fourth-order valence-electron chi connectivity index (χ4n) is 3.22. The van der Waals surface area contributed by atoms with Crippen LogP contribution in [0.5, 0.6) is 11.5 Å². The number of benzene rings is 1. The van der Waals surface area contributed by atoms with Gasteiger partial charge in [-0.3, -0.25) is 4.90 Å². The number of fused-ring (bicyclic) bond motifs is 1. The van der Waals surface area contributed by atoms with E-state index < -0.39 is 0 Å². The van der Waals surface area contributed by atoms with Crippen molar-refractivity contribution in [2.75, 3.05) is 26.9 Å². The Morgan fingerprint density at radius 2 is 2.19 bits per heavy atom. The van der Waals surface area contributed by atoms with E-state index in [0.29, 0.717) is 18.9 Å². The van der Waals surface area contributed by atoms with E-state index in [1.165, 1.54) is 31.4 Å². The van der Waals surface area contributed by atoms with Gasteiger partial charge in [0.1, 0.15) is 0 Å². The number of likely N-dealkylation sites (N-methyl/N-ethyl adjacent to an activating group) is 1. The van der Waals surface area contributed by atoms with Crippen LogP contribution in [-0.2, 0) is 6.42 Å².